The van der Waals surface area contributed by atoms with Crippen molar-refractivity contribution in [2.75, 3.05) is 6.54 Å². The standard InChI is InChI=1S/C13H15FN2O/c14-11-6-3-5-10-12(16-17-13(10)11)8-9-4-1-2-7-15-9/h3,5-6,9,15H,1-2,4,7-8H2. The normalized spacial score (nSPS) is 20.9. The average Bonchev–Trinajstić information content (AvgIpc) is 2.76. The van der Waals surface area contributed by atoms with Crippen molar-refractivity contribution in [1.29, 1.82) is 0 Å². The lowest BCUT2D eigenvalue weighted by Crippen LogP contribution is -2.35. The summed E-state index contributed by atoms with van der Waals surface area (Å²) in [6.45, 7) is 1.06. The van der Waals surface area contributed by atoms with Gasteiger partial charge >= 0.3 is 0 Å². The van der Waals surface area contributed by atoms with Crippen molar-refractivity contribution < 1.29 is 8.91 Å². The van der Waals surface area contributed by atoms with E-state index in [4.69, 9.17) is 4.52 Å². The van der Waals surface area contributed by atoms with Crippen molar-refractivity contribution in [1.82, 2.24) is 10.5 Å². The third-order valence-electron chi connectivity index (χ3n) is 3.38. The van der Waals surface area contributed by atoms with E-state index in [0.29, 0.717) is 6.04 Å². The molecule has 1 N–H and O–H groups in total. The fraction of sp³-hybridized carbons (Fsp3) is 0.462. The second kappa shape index (κ2) is 4.45. The van der Waals surface area contributed by atoms with Gasteiger partial charge in [0.1, 0.15) is 0 Å². The van der Waals surface area contributed by atoms with Crippen LogP contribution in [0, 0.1) is 5.82 Å². The first-order valence-corrected chi connectivity index (χ1v) is 6.11. The molecule has 1 aromatic carbocycles. The molecule has 2 aromatic rings. The summed E-state index contributed by atoms with van der Waals surface area (Å²) in [5, 5.41) is 8.26. The first-order valence-electron chi connectivity index (χ1n) is 6.11. The molecule has 1 aliphatic rings. The number of piperidine rings is 1. The summed E-state index contributed by atoms with van der Waals surface area (Å²) in [5.74, 6) is -0.335. The topological polar surface area (TPSA) is 38.1 Å². The lowest BCUT2D eigenvalue weighted by atomic mass is 9.99. The van der Waals surface area contributed by atoms with Gasteiger partial charge in [0, 0.05) is 17.8 Å². The van der Waals surface area contributed by atoms with Crippen molar-refractivity contribution >= 4 is 11.0 Å². The van der Waals surface area contributed by atoms with Gasteiger partial charge in [0.15, 0.2) is 5.82 Å². The number of nitrogens with one attached hydrogen (secondary N) is 1. The number of hydrogen-bond acceptors (Lipinski definition) is 3. The molecule has 0 radical (unpaired) electrons. The third kappa shape index (κ3) is 2.05. The van der Waals surface area contributed by atoms with E-state index < -0.39 is 0 Å². The Bertz CT molecular complexity index is 517. The molecule has 1 atom stereocenters. The van der Waals surface area contributed by atoms with E-state index >= 15 is 0 Å². The van der Waals surface area contributed by atoms with Gasteiger partial charge in [-0.1, -0.05) is 17.6 Å². The summed E-state index contributed by atoms with van der Waals surface area (Å²) < 4.78 is 18.5. The number of halogens is 1. The summed E-state index contributed by atoms with van der Waals surface area (Å²) in [6, 6.07) is 5.41. The molecule has 2 heterocycles. The lowest BCUT2D eigenvalue weighted by molar-refractivity contribution is 0.382. The first kappa shape index (κ1) is 10.7. The highest BCUT2D eigenvalue weighted by atomic mass is 19.1. The van der Waals surface area contributed by atoms with Crippen LogP contribution < -0.4 is 5.32 Å². The maximum atomic E-state index is 13.4. The maximum Gasteiger partial charge on any atom is 0.202 e. The van der Waals surface area contributed by atoms with E-state index in [1.54, 1.807) is 6.07 Å². The molecule has 1 unspecified atom stereocenters. The van der Waals surface area contributed by atoms with Gasteiger partial charge in [-0.15, -0.1) is 0 Å². The fourth-order valence-corrected chi connectivity index (χ4v) is 2.46. The van der Waals surface area contributed by atoms with Gasteiger partial charge < -0.3 is 9.84 Å². The van der Waals surface area contributed by atoms with Crippen molar-refractivity contribution in [2.45, 2.75) is 31.7 Å². The highest BCUT2D eigenvalue weighted by Gasteiger charge is 2.18. The first-order chi connectivity index (χ1) is 8.34. The van der Waals surface area contributed by atoms with E-state index in [-0.39, 0.29) is 11.4 Å². The van der Waals surface area contributed by atoms with Gasteiger partial charge in [-0.05, 0) is 31.5 Å². The quantitative estimate of drug-likeness (QED) is 0.868. The lowest BCUT2D eigenvalue weighted by Gasteiger charge is -2.22. The smallest absolute Gasteiger partial charge is 0.202 e. The summed E-state index contributed by atoms with van der Waals surface area (Å²) in [4.78, 5) is 0. The second-order valence-electron chi connectivity index (χ2n) is 4.60. The second-order valence-corrected chi connectivity index (χ2v) is 4.60. The Labute approximate surface area is 99.0 Å². The van der Waals surface area contributed by atoms with Gasteiger partial charge in [0.05, 0.1) is 5.69 Å². The van der Waals surface area contributed by atoms with Gasteiger partial charge in [-0.3, -0.25) is 0 Å². The number of para-hydroxylation sites is 1. The van der Waals surface area contributed by atoms with Crippen LogP contribution in [0.1, 0.15) is 25.0 Å². The van der Waals surface area contributed by atoms with Gasteiger partial charge in [0.25, 0.3) is 0 Å². The van der Waals surface area contributed by atoms with Crippen LogP contribution in [0.2, 0.25) is 0 Å². The number of nitrogens with zero attached hydrogens (tertiary/aromatic N) is 1. The highest BCUT2D eigenvalue weighted by Crippen LogP contribution is 2.23. The number of benzene rings is 1. The number of hydrogen-bond donors (Lipinski definition) is 1. The summed E-state index contributed by atoms with van der Waals surface area (Å²) in [6.07, 6.45) is 4.46. The zero-order valence-corrected chi connectivity index (χ0v) is 9.58. The van der Waals surface area contributed by atoms with Crippen molar-refractivity contribution in [3.8, 4) is 0 Å². The molecule has 1 saturated heterocycles. The average molecular weight is 234 g/mol. The number of fused-ring (bicyclic) bond motifs is 1. The van der Waals surface area contributed by atoms with Crippen molar-refractivity contribution in [2.24, 2.45) is 0 Å². The summed E-state index contributed by atoms with van der Waals surface area (Å²) in [7, 11) is 0. The molecule has 0 aliphatic carbocycles. The SMILES string of the molecule is Fc1cccc2c(CC3CCCCN3)noc12. The van der Waals surface area contributed by atoms with Crippen LogP contribution in [-0.4, -0.2) is 17.7 Å². The van der Waals surface area contributed by atoms with Gasteiger partial charge in [-0.2, -0.15) is 0 Å². The maximum absolute atomic E-state index is 13.4. The third-order valence-corrected chi connectivity index (χ3v) is 3.38. The highest BCUT2D eigenvalue weighted by molar-refractivity contribution is 5.79. The Balaban J connectivity index is 1.87. The molecular weight excluding hydrogens is 219 g/mol. The minimum atomic E-state index is -0.335. The summed E-state index contributed by atoms with van der Waals surface area (Å²) >= 11 is 0. The molecule has 0 spiro atoms. The molecule has 3 rings (SSSR count). The molecule has 0 saturated carbocycles. The van der Waals surface area contributed by atoms with Crippen LogP contribution in [0.3, 0.4) is 0 Å². The molecule has 4 heteroatoms. The Morgan fingerprint density at radius 2 is 2.35 bits per heavy atom. The Hall–Kier alpha value is -1.42. The van der Waals surface area contributed by atoms with Crippen LogP contribution in [0.25, 0.3) is 11.0 Å². The zero-order valence-electron chi connectivity index (χ0n) is 9.58. The minimum Gasteiger partial charge on any atom is -0.353 e. The Kier molecular flexibility index (Phi) is 2.81. The van der Waals surface area contributed by atoms with Crippen LogP contribution >= 0.6 is 0 Å². The number of aromatic nitrogens is 1. The molecule has 90 valence electrons. The predicted octanol–water partition coefficient (Wildman–Crippen LogP) is 2.65. The molecule has 1 aliphatic heterocycles. The van der Waals surface area contributed by atoms with Crippen LogP contribution in [0.15, 0.2) is 22.7 Å². The fourth-order valence-electron chi connectivity index (χ4n) is 2.46. The molecule has 1 aromatic heterocycles. The van der Waals surface area contributed by atoms with E-state index in [1.165, 1.54) is 18.9 Å². The Morgan fingerprint density at radius 3 is 3.18 bits per heavy atom. The zero-order chi connectivity index (χ0) is 11.7. The van der Waals surface area contributed by atoms with Crippen LogP contribution in [0.5, 0.6) is 0 Å². The van der Waals surface area contributed by atoms with Crippen molar-refractivity contribution in [3.05, 3.63) is 29.7 Å². The molecular formula is C13H15FN2O. The van der Waals surface area contributed by atoms with Crippen LogP contribution in [-0.2, 0) is 6.42 Å². The monoisotopic (exact) mass is 234 g/mol. The summed E-state index contributed by atoms with van der Waals surface area (Å²) in [5.41, 5.74) is 1.14. The van der Waals surface area contributed by atoms with E-state index in [2.05, 4.69) is 10.5 Å². The van der Waals surface area contributed by atoms with Gasteiger partial charge in [0.2, 0.25) is 5.58 Å². The molecule has 1 fully saturated rings. The minimum absolute atomic E-state index is 0.276. The van der Waals surface area contributed by atoms with Crippen molar-refractivity contribution in [3.63, 3.8) is 0 Å². The molecule has 0 amide bonds. The molecule has 0 bridgehead atoms. The van der Waals surface area contributed by atoms with E-state index in [9.17, 15) is 4.39 Å². The largest absolute Gasteiger partial charge is 0.353 e. The molecule has 3 nitrogen and oxygen atoms in total. The van der Waals surface area contributed by atoms with Gasteiger partial charge in [-0.25, -0.2) is 4.39 Å². The number of rotatable bonds is 2. The molecule has 17 heavy (non-hydrogen) atoms. The predicted molar refractivity (Wildman–Crippen MR) is 63.3 cm³/mol. The van der Waals surface area contributed by atoms with E-state index in [0.717, 1.165) is 30.5 Å². The van der Waals surface area contributed by atoms with E-state index in [1.807, 2.05) is 6.07 Å². The van der Waals surface area contributed by atoms with Crippen LogP contribution in [0.4, 0.5) is 4.39 Å². The Morgan fingerprint density at radius 1 is 1.41 bits per heavy atom.